The normalized spacial score (nSPS) is 18.5. The molecule has 3 unspecified atom stereocenters. The van der Waals surface area contributed by atoms with E-state index in [0.717, 1.165) is 37.2 Å². The van der Waals surface area contributed by atoms with Crippen molar-refractivity contribution in [1.82, 2.24) is 4.98 Å². The van der Waals surface area contributed by atoms with Gasteiger partial charge in [0, 0.05) is 25.1 Å². The third-order valence-corrected chi connectivity index (χ3v) is 4.45. The second-order valence-electron chi connectivity index (χ2n) is 6.43. The first kappa shape index (κ1) is 21.1. The first-order valence-corrected chi connectivity index (χ1v) is 9.27. The largest absolute Gasteiger partial charge is 0.378 e. The van der Waals surface area contributed by atoms with Crippen LogP contribution >= 0.6 is 0 Å². The van der Waals surface area contributed by atoms with E-state index in [0.29, 0.717) is 18.7 Å². The topological polar surface area (TPSA) is 92.7 Å². The number of hydrogen-bond acceptors (Lipinski definition) is 6. The fourth-order valence-corrected chi connectivity index (χ4v) is 2.87. The van der Waals surface area contributed by atoms with Crippen LogP contribution in [0.2, 0.25) is 0 Å². The highest BCUT2D eigenvalue weighted by Gasteiger charge is 2.16. The van der Waals surface area contributed by atoms with E-state index in [9.17, 15) is 9.90 Å². The molecule has 0 aromatic carbocycles. The van der Waals surface area contributed by atoms with Gasteiger partial charge >= 0.3 is 0 Å². The number of methoxy groups -OCH3 is 1. The van der Waals surface area contributed by atoms with Crippen molar-refractivity contribution in [1.29, 1.82) is 0 Å². The Hall–Kier alpha value is -2.22. The number of aromatic nitrogens is 1. The summed E-state index contributed by atoms with van der Waals surface area (Å²) < 4.78 is 11.0. The van der Waals surface area contributed by atoms with Crippen LogP contribution < -0.4 is 10.6 Å². The van der Waals surface area contributed by atoms with Crippen LogP contribution in [0.5, 0.6) is 0 Å². The van der Waals surface area contributed by atoms with E-state index in [4.69, 9.17) is 9.47 Å². The van der Waals surface area contributed by atoms with Gasteiger partial charge in [0.25, 0.3) is 0 Å². The van der Waals surface area contributed by atoms with Gasteiger partial charge in [-0.25, -0.2) is 4.98 Å². The molecule has 0 spiro atoms. The Morgan fingerprint density at radius 1 is 1.44 bits per heavy atom. The first-order chi connectivity index (χ1) is 13.2. The van der Waals surface area contributed by atoms with Crippen molar-refractivity contribution in [2.45, 2.75) is 38.6 Å². The van der Waals surface area contributed by atoms with Crippen molar-refractivity contribution in [3.8, 4) is 0 Å². The number of rotatable bonds is 12. The molecule has 1 aliphatic rings. The van der Waals surface area contributed by atoms with Crippen molar-refractivity contribution in [3.63, 3.8) is 0 Å². The fourth-order valence-electron chi connectivity index (χ4n) is 2.87. The monoisotopic (exact) mass is 375 g/mol. The molecule has 0 saturated heterocycles. The molecule has 0 saturated carbocycles. The molecule has 148 valence electrons. The number of aliphatic hydroxyl groups is 1. The molecule has 0 fully saturated rings. The smallest absolute Gasteiger partial charge is 0.211 e. The molecule has 0 bridgehead atoms. The van der Waals surface area contributed by atoms with Gasteiger partial charge < -0.3 is 25.2 Å². The van der Waals surface area contributed by atoms with Gasteiger partial charge in [-0.1, -0.05) is 25.2 Å². The minimum atomic E-state index is -0.879. The van der Waals surface area contributed by atoms with Gasteiger partial charge in [-0.15, -0.1) is 0 Å². The summed E-state index contributed by atoms with van der Waals surface area (Å²) in [5.41, 5.74) is 1.45. The highest BCUT2D eigenvalue weighted by molar-refractivity contribution is 5.70. The first-order valence-electron chi connectivity index (χ1n) is 9.27. The highest BCUT2D eigenvalue weighted by atomic mass is 16.6. The van der Waals surface area contributed by atoms with E-state index in [1.807, 2.05) is 24.3 Å². The van der Waals surface area contributed by atoms with Crippen LogP contribution in [0.3, 0.4) is 0 Å². The number of anilines is 2. The second-order valence-corrected chi connectivity index (χ2v) is 6.43. The highest BCUT2D eigenvalue weighted by Crippen LogP contribution is 2.21. The molecular weight excluding hydrogens is 346 g/mol. The molecule has 27 heavy (non-hydrogen) atoms. The van der Waals surface area contributed by atoms with E-state index >= 15 is 0 Å². The van der Waals surface area contributed by atoms with Crippen molar-refractivity contribution in [2.24, 2.45) is 5.92 Å². The Labute approximate surface area is 160 Å². The number of nitrogens with one attached hydrogen (secondary N) is 2. The van der Waals surface area contributed by atoms with E-state index in [2.05, 4.69) is 22.5 Å². The molecule has 0 aliphatic heterocycles. The molecule has 7 heteroatoms. The Kier molecular flexibility index (Phi) is 8.97. The lowest BCUT2D eigenvalue weighted by Gasteiger charge is -2.22. The number of hydrogen-bond donors (Lipinski definition) is 3. The maximum atomic E-state index is 10.4. The maximum absolute atomic E-state index is 10.4. The van der Waals surface area contributed by atoms with Crippen molar-refractivity contribution < 1.29 is 19.4 Å². The lowest BCUT2D eigenvalue weighted by Crippen LogP contribution is -2.22. The van der Waals surface area contributed by atoms with Crippen molar-refractivity contribution in [3.05, 3.63) is 42.1 Å². The van der Waals surface area contributed by atoms with Gasteiger partial charge in [-0.2, -0.15) is 0 Å². The van der Waals surface area contributed by atoms with Gasteiger partial charge in [0.1, 0.15) is 5.82 Å². The summed E-state index contributed by atoms with van der Waals surface area (Å²) in [5.74, 6) is 1.01. The zero-order valence-corrected chi connectivity index (χ0v) is 15.9. The fraction of sp³-hybridized carbons (Fsp3) is 0.500. The maximum Gasteiger partial charge on any atom is 0.211 e. The second kappa shape index (κ2) is 11.5. The van der Waals surface area contributed by atoms with Crippen LogP contribution in [0.4, 0.5) is 11.5 Å². The molecule has 1 amide bonds. The molecule has 3 N–H and O–H groups in total. The average Bonchev–Trinajstić information content (AvgIpc) is 2.71. The van der Waals surface area contributed by atoms with Crippen LogP contribution in [0.1, 0.15) is 26.2 Å². The van der Waals surface area contributed by atoms with Gasteiger partial charge in [0.15, 0.2) is 6.29 Å². The summed E-state index contributed by atoms with van der Waals surface area (Å²) in [6, 6.07) is 3.63. The third-order valence-electron chi connectivity index (χ3n) is 4.45. The zero-order valence-electron chi connectivity index (χ0n) is 15.9. The predicted octanol–water partition coefficient (Wildman–Crippen LogP) is 2.71. The van der Waals surface area contributed by atoms with Crippen molar-refractivity contribution >= 4 is 17.9 Å². The number of ether oxygens (including phenoxy) is 2. The average molecular weight is 375 g/mol. The molecule has 1 heterocycles. The van der Waals surface area contributed by atoms with Crippen LogP contribution in [-0.4, -0.2) is 49.2 Å². The molecule has 2 rings (SSSR count). The molecule has 3 atom stereocenters. The van der Waals surface area contributed by atoms with Crippen LogP contribution in [0.25, 0.3) is 0 Å². The molecule has 0 radical (unpaired) electrons. The summed E-state index contributed by atoms with van der Waals surface area (Å²) in [6.07, 6.45) is 10.2. The molecular formula is C20H29N3O4. The van der Waals surface area contributed by atoms with Crippen LogP contribution in [-0.2, 0) is 14.3 Å². The van der Waals surface area contributed by atoms with E-state index < -0.39 is 6.29 Å². The van der Waals surface area contributed by atoms with Gasteiger partial charge in [-0.3, -0.25) is 4.79 Å². The van der Waals surface area contributed by atoms with Crippen LogP contribution in [0.15, 0.2) is 42.1 Å². The zero-order chi connectivity index (χ0) is 19.5. The van der Waals surface area contributed by atoms with Gasteiger partial charge in [-0.05, 0) is 31.4 Å². The van der Waals surface area contributed by atoms with Crippen LogP contribution in [0, 0.1) is 5.92 Å². The molecule has 1 aromatic heterocycles. The Balaban J connectivity index is 1.73. The molecule has 1 aromatic rings. The lowest BCUT2D eigenvalue weighted by molar-refractivity contribution is -0.105. The summed E-state index contributed by atoms with van der Waals surface area (Å²) >= 11 is 0. The summed E-state index contributed by atoms with van der Waals surface area (Å²) in [5, 5.41) is 15.6. The number of carbonyl (C=O) groups excluding carboxylic acids is 1. The number of nitrogens with zero attached hydrogens (tertiary/aromatic N) is 1. The quantitative estimate of drug-likeness (QED) is 0.384. The standard InChI is InChI=1S/C20H29N3O4/c1-3-18(9-10-21-19-8-7-17(12-22-19)23-14-24)27-13-15-5-4-6-16(11-15)20(25)26-2/h4,6-8,11-12,14-15,18,20,25H,3,5,9-10,13H2,1-2H3,(H,21,22)(H,23,24). The Morgan fingerprint density at radius 3 is 2.96 bits per heavy atom. The number of carbonyl (C=O) groups is 1. The van der Waals surface area contributed by atoms with E-state index in [1.54, 1.807) is 12.3 Å². The molecule has 1 aliphatic carbocycles. The number of aliphatic hydroxyl groups excluding tert-OH is 1. The minimum absolute atomic E-state index is 0.156. The summed E-state index contributed by atoms with van der Waals surface area (Å²) in [4.78, 5) is 14.6. The molecule has 7 nitrogen and oxygen atoms in total. The summed E-state index contributed by atoms with van der Waals surface area (Å²) in [7, 11) is 1.49. The predicted molar refractivity (Wildman–Crippen MR) is 105 cm³/mol. The Morgan fingerprint density at radius 2 is 2.30 bits per heavy atom. The SMILES string of the molecule is CCC(CCNc1ccc(NC=O)cn1)OCC1C=C(C(O)OC)C=CC1. The summed E-state index contributed by atoms with van der Waals surface area (Å²) in [6.45, 7) is 3.48. The van der Waals surface area contributed by atoms with E-state index in [-0.39, 0.29) is 12.0 Å². The minimum Gasteiger partial charge on any atom is -0.378 e. The van der Waals surface area contributed by atoms with E-state index in [1.165, 1.54) is 7.11 Å². The van der Waals surface area contributed by atoms with Crippen molar-refractivity contribution in [2.75, 3.05) is 30.9 Å². The number of allylic oxidation sites excluding steroid dienone is 1. The number of pyridine rings is 1. The third kappa shape index (κ3) is 7.13. The number of amides is 1. The van der Waals surface area contributed by atoms with Gasteiger partial charge in [0.2, 0.25) is 6.41 Å². The lowest BCUT2D eigenvalue weighted by atomic mass is 9.96. The van der Waals surface area contributed by atoms with Gasteiger partial charge in [0.05, 0.1) is 24.6 Å². The Bertz CT molecular complexity index is 631.